The van der Waals surface area contributed by atoms with Crippen LogP contribution in [0.3, 0.4) is 0 Å². The van der Waals surface area contributed by atoms with Crippen LogP contribution in [0, 0.1) is 18.8 Å². The zero-order chi connectivity index (χ0) is 9.97. The highest BCUT2D eigenvalue weighted by Gasteiger charge is 2.00. The van der Waals surface area contributed by atoms with Crippen LogP contribution >= 0.6 is 0 Å². The first-order chi connectivity index (χ1) is 6.77. The zero-order valence-corrected chi connectivity index (χ0v) is 7.92. The molecule has 14 heavy (non-hydrogen) atoms. The van der Waals surface area contributed by atoms with E-state index in [1.807, 2.05) is 25.1 Å². The van der Waals surface area contributed by atoms with E-state index in [-0.39, 0.29) is 5.82 Å². The normalized spacial score (nSPS) is 10.1. The third kappa shape index (κ3) is 1.67. The molecular weight excluding hydrogens is 175 g/mol. The van der Waals surface area contributed by atoms with Crippen molar-refractivity contribution in [2.45, 2.75) is 6.92 Å². The average molecular weight is 185 g/mol. The number of hydrogen-bond acceptors (Lipinski definition) is 0. The Balaban J connectivity index is 2.50. The second kappa shape index (κ2) is 3.62. The van der Waals surface area contributed by atoms with Crippen molar-refractivity contribution in [3.8, 4) is 11.1 Å². The van der Waals surface area contributed by atoms with Gasteiger partial charge in [0.1, 0.15) is 5.82 Å². The van der Waals surface area contributed by atoms with Gasteiger partial charge in [0.05, 0.1) is 0 Å². The van der Waals surface area contributed by atoms with Gasteiger partial charge in [-0.2, -0.15) is 0 Å². The lowest BCUT2D eigenvalue weighted by Gasteiger charge is -2.04. The Morgan fingerprint density at radius 2 is 1.79 bits per heavy atom. The van der Waals surface area contributed by atoms with Crippen molar-refractivity contribution < 1.29 is 4.39 Å². The highest BCUT2D eigenvalue weighted by Crippen LogP contribution is 2.22. The third-order valence-corrected chi connectivity index (χ3v) is 2.23. The summed E-state index contributed by atoms with van der Waals surface area (Å²) in [6, 6.07) is 15.3. The van der Waals surface area contributed by atoms with Gasteiger partial charge in [-0.1, -0.05) is 30.3 Å². The van der Waals surface area contributed by atoms with Crippen molar-refractivity contribution in [2.24, 2.45) is 0 Å². The Hall–Kier alpha value is -1.63. The summed E-state index contributed by atoms with van der Waals surface area (Å²) in [5.74, 6) is -0.200. The van der Waals surface area contributed by atoms with Crippen LogP contribution in [0.1, 0.15) is 5.56 Å². The fourth-order valence-corrected chi connectivity index (χ4v) is 1.47. The predicted molar refractivity (Wildman–Crippen MR) is 55.4 cm³/mol. The molecule has 2 aromatic carbocycles. The van der Waals surface area contributed by atoms with E-state index in [1.54, 1.807) is 12.1 Å². The second-order valence-corrected chi connectivity index (χ2v) is 3.25. The maximum Gasteiger partial charge on any atom is 0.123 e. The van der Waals surface area contributed by atoms with Gasteiger partial charge in [0.15, 0.2) is 0 Å². The summed E-state index contributed by atoms with van der Waals surface area (Å²) in [6.07, 6.45) is 0. The maximum atomic E-state index is 12.7. The fraction of sp³-hybridized carbons (Fsp3) is 0.0769. The predicted octanol–water partition coefficient (Wildman–Crippen LogP) is 3.60. The minimum atomic E-state index is -0.200. The molecular formula is C13H10F. The summed E-state index contributed by atoms with van der Waals surface area (Å²) < 4.78 is 12.7. The molecule has 0 saturated heterocycles. The van der Waals surface area contributed by atoms with Crippen molar-refractivity contribution in [1.82, 2.24) is 0 Å². The van der Waals surface area contributed by atoms with Crippen LogP contribution < -0.4 is 0 Å². The molecule has 0 atom stereocenters. The molecule has 0 saturated carbocycles. The van der Waals surface area contributed by atoms with E-state index in [0.29, 0.717) is 0 Å². The van der Waals surface area contributed by atoms with Gasteiger partial charge in [0, 0.05) is 0 Å². The first kappa shape index (κ1) is 8.95. The quantitative estimate of drug-likeness (QED) is 0.636. The number of halogens is 1. The molecule has 0 unspecified atom stereocenters. The molecule has 0 heterocycles. The van der Waals surface area contributed by atoms with Gasteiger partial charge in [-0.3, -0.25) is 0 Å². The van der Waals surface area contributed by atoms with Crippen LogP contribution in [0.25, 0.3) is 11.1 Å². The molecule has 0 aliphatic heterocycles. The van der Waals surface area contributed by atoms with Crippen LogP contribution in [-0.2, 0) is 0 Å². The Labute approximate surface area is 83.0 Å². The molecule has 1 radical (unpaired) electrons. The van der Waals surface area contributed by atoms with Crippen LogP contribution in [0.2, 0.25) is 0 Å². The Kier molecular flexibility index (Phi) is 2.32. The van der Waals surface area contributed by atoms with Crippen molar-refractivity contribution in [1.29, 1.82) is 0 Å². The van der Waals surface area contributed by atoms with E-state index in [0.717, 1.165) is 16.7 Å². The smallest absolute Gasteiger partial charge is 0.123 e. The lowest BCUT2D eigenvalue weighted by molar-refractivity contribution is 0.628. The lowest BCUT2D eigenvalue weighted by Crippen LogP contribution is -1.82. The molecule has 2 aromatic rings. The van der Waals surface area contributed by atoms with Gasteiger partial charge in [-0.15, -0.1) is 0 Å². The summed E-state index contributed by atoms with van der Waals surface area (Å²) in [6.45, 7) is 2.02. The molecule has 0 amide bonds. The first-order valence-corrected chi connectivity index (χ1v) is 4.50. The van der Waals surface area contributed by atoms with E-state index in [9.17, 15) is 4.39 Å². The number of hydrogen-bond donors (Lipinski definition) is 0. The fourth-order valence-electron chi connectivity index (χ4n) is 1.47. The summed E-state index contributed by atoms with van der Waals surface area (Å²) in [5, 5.41) is 0. The highest BCUT2D eigenvalue weighted by atomic mass is 19.1. The number of aryl methyl sites for hydroxylation is 1. The topological polar surface area (TPSA) is 0 Å². The van der Waals surface area contributed by atoms with Crippen molar-refractivity contribution in [2.75, 3.05) is 0 Å². The third-order valence-electron chi connectivity index (χ3n) is 2.23. The summed E-state index contributed by atoms with van der Waals surface area (Å²) in [4.78, 5) is 0. The lowest BCUT2D eigenvalue weighted by atomic mass is 10.0. The van der Waals surface area contributed by atoms with Gasteiger partial charge in [-0.05, 0) is 41.8 Å². The van der Waals surface area contributed by atoms with E-state index in [1.165, 1.54) is 12.1 Å². The molecule has 0 bridgehead atoms. The molecule has 2 rings (SSSR count). The molecule has 0 spiro atoms. The van der Waals surface area contributed by atoms with Gasteiger partial charge in [0.2, 0.25) is 0 Å². The van der Waals surface area contributed by atoms with Gasteiger partial charge in [0.25, 0.3) is 0 Å². The molecule has 0 aliphatic rings. The van der Waals surface area contributed by atoms with Crippen LogP contribution in [-0.4, -0.2) is 0 Å². The molecule has 0 N–H and O–H groups in total. The van der Waals surface area contributed by atoms with Crippen molar-refractivity contribution in [3.05, 3.63) is 59.9 Å². The monoisotopic (exact) mass is 185 g/mol. The van der Waals surface area contributed by atoms with E-state index in [2.05, 4.69) is 6.07 Å². The van der Waals surface area contributed by atoms with Gasteiger partial charge in [-0.25, -0.2) is 4.39 Å². The zero-order valence-electron chi connectivity index (χ0n) is 7.92. The van der Waals surface area contributed by atoms with Crippen LogP contribution in [0.4, 0.5) is 4.39 Å². The summed E-state index contributed by atoms with van der Waals surface area (Å²) in [7, 11) is 0. The molecule has 0 aliphatic carbocycles. The Morgan fingerprint density at radius 1 is 1.07 bits per heavy atom. The van der Waals surface area contributed by atoms with Crippen LogP contribution in [0.15, 0.2) is 42.5 Å². The van der Waals surface area contributed by atoms with Crippen molar-refractivity contribution in [3.63, 3.8) is 0 Å². The largest absolute Gasteiger partial charge is 0.207 e. The first-order valence-electron chi connectivity index (χ1n) is 4.50. The molecule has 69 valence electrons. The standard InChI is InChI=1S/C13H10F/c1-10-4-2-3-5-13(10)11-6-8-12(14)9-7-11/h3-9H,1H3. The minimum Gasteiger partial charge on any atom is -0.207 e. The molecule has 0 fully saturated rings. The average Bonchev–Trinajstić information content (AvgIpc) is 2.20. The summed E-state index contributed by atoms with van der Waals surface area (Å²) in [5.41, 5.74) is 3.32. The number of benzene rings is 2. The number of rotatable bonds is 1. The van der Waals surface area contributed by atoms with Crippen molar-refractivity contribution >= 4 is 0 Å². The summed E-state index contributed by atoms with van der Waals surface area (Å²) >= 11 is 0. The highest BCUT2D eigenvalue weighted by molar-refractivity contribution is 5.66. The Morgan fingerprint density at radius 3 is 2.43 bits per heavy atom. The molecule has 0 aromatic heterocycles. The van der Waals surface area contributed by atoms with Crippen LogP contribution in [0.5, 0.6) is 0 Å². The maximum absolute atomic E-state index is 12.7. The van der Waals surface area contributed by atoms with E-state index in [4.69, 9.17) is 0 Å². The molecule has 1 heteroatoms. The Bertz CT molecular complexity index is 429. The SMILES string of the molecule is Cc1c[c]ccc1-c1ccc(F)cc1. The molecule has 0 nitrogen and oxygen atoms in total. The van der Waals surface area contributed by atoms with E-state index >= 15 is 0 Å². The van der Waals surface area contributed by atoms with Gasteiger partial charge >= 0.3 is 0 Å². The van der Waals surface area contributed by atoms with E-state index < -0.39 is 0 Å². The second-order valence-electron chi connectivity index (χ2n) is 3.25. The van der Waals surface area contributed by atoms with Gasteiger partial charge < -0.3 is 0 Å². The minimum absolute atomic E-state index is 0.200.